The molecule has 0 radical (unpaired) electrons. The second kappa shape index (κ2) is 2.77. The van der Waals surface area contributed by atoms with Crippen LogP contribution in [-0.2, 0) is 4.74 Å². The molecule has 2 heteroatoms. The summed E-state index contributed by atoms with van der Waals surface area (Å²) in [5.74, 6) is 1.52. The van der Waals surface area contributed by atoms with Crippen LogP contribution < -0.4 is 0 Å². The zero-order valence-electron chi connectivity index (χ0n) is 7.66. The predicted octanol–water partition coefficient (Wildman–Crippen LogP) is 1.90. The predicted molar refractivity (Wildman–Crippen MR) is 46.2 cm³/mol. The molecule has 12 heavy (non-hydrogen) atoms. The summed E-state index contributed by atoms with van der Waals surface area (Å²) in [4.78, 5) is 0. The van der Waals surface area contributed by atoms with E-state index in [2.05, 4.69) is 13.8 Å². The van der Waals surface area contributed by atoms with Gasteiger partial charge in [-0.15, -0.1) is 0 Å². The van der Waals surface area contributed by atoms with E-state index in [4.69, 9.17) is 4.74 Å². The van der Waals surface area contributed by atoms with Crippen molar-refractivity contribution in [1.29, 1.82) is 0 Å². The van der Waals surface area contributed by atoms with Gasteiger partial charge in [-0.3, -0.25) is 0 Å². The molecule has 1 N–H and O–H groups in total. The highest BCUT2D eigenvalue weighted by Crippen LogP contribution is 2.45. The minimum atomic E-state index is -0.559. The molecule has 0 unspecified atom stereocenters. The Kier molecular flexibility index (Phi) is 1.87. The van der Waals surface area contributed by atoms with E-state index in [9.17, 15) is 5.11 Å². The number of hydrogen-bond donors (Lipinski definition) is 1. The number of aliphatic hydroxyl groups excluding tert-OH is 1. The summed E-state index contributed by atoms with van der Waals surface area (Å²) in [6.07, 6.45) is 3.61. The van der Waals surface area contributed by atoms with E-state index in [-0.39, 0.29) is 0 Å². The Labute approximate surface area is 73.2 Å². The Bertz CT molecular complexity index is 210. The first-order chi connectivity index (χ1) is 5.70. The maximum Gasteiger partial charge on any atom is 0.200 e. The average Bonchev–Trinajstić information content (AvgIpc) is 2.42. The fourth-order valence-electron chi connectivity index (χ4n) is 2.59. The highest BCUT2D eigenvalue weighted by atomic mass is 16.6. The van der Waals surface area contributed by atoms with Gasteiger partial charge in [-0.1, -0.05) is 6.92 Å². The fraction of sp³-hybridized carbons (Fsp3) is 0.800. The largest absolute Gasteiger partial charge is 0.472 e. The van der Waals surface area contributed by atoms with Crippen molar-refractivity contribution in [3.8, 4) is 0 Å². The van der Waals surface area contributed by atoms with Crippen molar-refractivity contribution < 1.29 is 9.84 Å². The van der Waals surface area contributed by atoms with Crippen LogP contribution in [0.15, 0.2) is 11.8 Å². The first kappa shape index (κ1) is 8.11. The highest BCUT2D eigenvalue weighted by Gasteiger charge is 2.42. The molecule has 1 fully saturated rings. The number of ether oxygens (including phenoxy) is 1. The minimum Gasteiger partial charge on any atom is -0.472 e. The van der Waals surface area contributed by atoms with Crippen LogP contribution in [0.2, 0.25) is 0 Å². The number of aliphatic hydroxyl groups is 1. The van der Waals surface area contributed by atoms with Crippen LogP contribution >= 0.6 is 0 Å². The zero-order chi connectivity index (χ0) is 8.72. The Hall–Kier alpha value is -0.500. The van der Waals surface area contributed by atoms with Gasteiger partial charge in [0.25, 0.3) is 0 Å². The van der Waals surface area contributed by atoms with E-state index < -0.39 is 6.29 Å². The summed E-state index contributed by atoms with van der Waals surface area (Å²) in [5, 5.41) is 9.60. The van der Waals surface area contributed by atoms with Gasteiger partial charge < -0.3 is 9.84 Å². The smallest absolute Gasteiger partial charge is 0.200 e. The van der Waals surface area contributed by atoms with Crippen molar-refractivity contribution in [2.45, 2.75) is 33.0 Å². The monoisotopic (exact) mass is 168 g/mol. The molecule has 0 aromatic rings. The van der Waals surface area contributed by atoms with Gasteiger partial charge in [0.05, 0.1) is 6.26 Å². The van der Waals surface area contributed by atoms with Crippen LogP contribution in [0.5, 0.6) is 0 Å². The van der Waals surface area contributed by atoms with E-state index in [1.54, 1.807) is 6.26 Å². The molecule has 4 atom stereocenters. The minimum absolute atomic E-state index is 0.343. The van der Waals surface area contributed by atoms with Crippen molar-refractivity contribution in [3.05, 3.63) is 11.8 Å². The van der Waals surface area contributed by atoms with E-state index >= 15 is 0 Å². The van der Waals surface area contributed by atoms with Gasteiger partial charge in [0.2, 0.25) is 0 Å². The molecule has 1 aliphatic carbocycles. The van der Waals surface area contributed by atoms with Gasteiger partial charge in [0, 0.05) is 5.92 Å². The maximum absolute atomic E-state index is 9.60. The highest BCUT2D eigenvalue weighted by molar-refractivity contribution is 5.09. The Morgan fingerprint density at radius 2 is 2.25 bits per heavy atom. The molecule has 2 rings (SSSR count). The van der Waals surface area contributed by atoms with Crippen molar-refractivity contribution in [2.24, 2.45) is 17.8 Å². The summed E-state index contributed by atoms with van der Waals surface area (Å²) in [6, 6.07) is 0. The van der Waals surface area contributed by atoms with Gasteiger partial charge in [0.15, 0.2) is 6.29 Å². The lowest BCUT2D eigenvalue weighted by atomic mass is 9.84. The fourth-order valence-corrected chi connectivity index (χ4v) is 2.59. The van der Waals surface area contributed by atoms with Crippen LogP contribution in [0.1, 0.15) is 26.7 Å². The Morgan fingerprint density at radius 3 is 2.92 bits per heavy atom. The number of rotatable bonds is 0. The number of fused-ring (bicyclic) bond motifs is 1. The van der Waals surface area contributed by atoms with Gasteiger partial charge in [-0.25, -0.2) is 0 Å². The molecule has 0 spiro atoms. The zero-order valence-corrected chi connectivity index (χ0v) is 7.66. The molecule has 0 bridgehead atoms. The van der Waals surface area contributed by atoms with Gasteiger partial charge in [-0.2, -0.15) is 0 Å². The first-order valence-electron chi connectivity index (χ1n) is 4.70. The average molecular weight is 168 g/mol. The van der Waals surface area contributed by atoms with Gasteiger partial charge in [-0.05, 0) is 37.2 Å². The standard InChI is InChI=1S/C10H16O2/c1-6-3-4-8-7(2)5-12-10(11)9(6)8/h5-6,8-11H,3-4H2,1-2H3/t6-,8+,9+,10-/m1/s1. The molecule has 0 aromatic carbocycles. The van der Waals surface area contributed by atoms with E-state index in [1.807, 2.05) is 0 Å². The van der Waals surface area contributed by atoms with Crippen LogP contribution in [0.25, 0.3) is 0 Å². The second-order valence-electron chi connectivity index (χ2n) is 4.13. The van der Waals surface area contributed by atoms with E-state index in [0.717, 1.165) is 0 Å². The molecular weight excluding hydrogens is 152 g/mol. The molecule has 1 aliphatic heterocycles. The van der Waals surface area contributed by atoms with Crippen LogP contribution in [0.4, 0.5) is 0 Å². The summed E-state index contributed by atoms with van der Waals surface area (Å²) >= 11 is 0. The molecule has 0 saturated heterocycles. The molecule has 1 saturated carbocycles. The second-order valence-corrected chi connectivity index (χ2v) is 4.13. The molecule has 2 nitrogen and oxygen atoms in total. The van der Waals surface area contributed by atoms with Gasteiger partial charge in [0.1, 0.15) is 0 Å². The summed E-state index contributed by atoms with van der Waals surface area (Å²) in [6.45, 7) is 4.30. The van der Waals surface area contributed by atoms with Crippen LogP contribution in [-0.4, -0.2) is 11.4 Å². The molecule has 2 aliphatic rings. The third-order valence-electron chi connectivity index (χ3n) is 3.36. The topological polar surface area (TPSA) is 29.5 Å². The first-order valence-corrected chi connectivity index (χ1v) is 4.70. The lowest BCUT2D eigenvalue weighted by Gasteiger charge is -2.31. The Balaban J connectivity index is 2.23. The lowest BCUT2D eigenvalue weighted by molar-refractivity contribution is -0.121. The van der Waals surface area contributed by atoms with Crippen LogP contribution in [0.3, 0.4) is 0 Å². The van der Waals surface area contributed by atoms with E-state index in [1.165, 1.54) is 18.4 Å². The third-order valence-corrected chi connectivity index (χ3v) is 3.36. The molecule has 1 heterocycles. The summed E-state index contributed by atoms with van der Waals surface area (Å²) in [5.41, 5.74) is 1.30. The lowest BCUT2D eigenvalue weighted by Crippen LogP contribution is -2.32. The van der Waals surface area contributed by atoms with Crippen molar-refractivity contribution >= 4 is 0 Å². The summed E-state index contributed by atoms with van der Waals surface area (Å²) in [7, 11) is 0. The third kappa shape index (κ3) is 1.06. The van der Waals surface area contributed by atoms with Crippen molar-refractivity contribution in [1.82, 2.24) is 0 Å². The number of hydrogen-bond acceptors (Lipinski definition) is 2. The quantitative estimate of drug-likeness (QED) is 0.598. The van der Waals surface area contributed by atoms with Crippen LogP contribution in [0, 0.1) is 17.8 Å². The van der Waals surface area contributed by atoms with E-state index in [0.29, 0.717) is 17.8 Å². The molecule has 0 aromatic heterocycles. The van der Waals surface area contributed by atoms with Crippen molar-refractivity contribution in [2.75, 3.05) is 0 Å². The number of allylic oxidation sites excluding steroid dienone is 1. The maximum atomic E-state index is 9.60. The van der Waals surface area contributed by atoms with Crippen molar-refractivity contribution in [3.63, 3.8) is 0 Å². The SMILES string of the molecule is CC1=CO[C@@H](O)[C@H]2[C@H](C)CC[C@@H]12. The molecule has 68 valence electrons. The normalized spacial score (nSPS) is 46.4. The summed E-state index contributed by atoms with van der Waals surface area (Å²) < 4.78 is 5.17. The van der Waals surface area contributed by atoms with Gasteiger partial charge >= 0.3 is 0 Å². The molecule has 0 amide bonds. The Morgan fingerprint density at radius 1 is 1.50 bits per heavy atom. The molecular formula is C10H16O2.